The molecule has 1 aliphatic heterocycles. The second-order valence-electron chi connectivity index (χ2n) is 10.9. The summed E-state index contributed by atoms with van der Waals surface area (Å²) in [7, 11) is 1.23. The standard InChI is InChI=1S/C30H38N6O6/c1-17(2)26(36-18(3)25(33-34-36)30(41)42-4)29(40)35-16-22(37)15-24(35)28(39)32-23(27(31)38)14-19-10-12-21(13-11-19)20-8-6-5-7-9-20/h5-13,17,22-24,26,28,32,37,39H,14-16H2,1-4H3,(H2,31,38)/t22-,23-,24+,26+,28?/m1/s1. The van der Waals surface area contributed by atoms with Gasteiger partial charge < -0.3 is 25.6 Å². The zero-order chi connectivity index (χ0) is 30.6. The maximum atomic E-state index is 13.9. The van der Waals surface area contributed by atoms with E-state index in [1.165, 1.54) is 16.7 Å². The zero-order valence-corrected chi connectivity index (χ0v) is 24.2. The highest BCUT2D eigenvalue weighted by molar-refractivity contribution is 5.88. The van der Waals surface area contributed by atoms with Gasteiger partial charge in [0.15, 0.2) is 5.69 Å². The third-order valence-electron chi connectivity index (χ3n) is 7.64. The highest BCUT2D eigenvalue weighted by Gasteiger charge is 2.43. The number of β-amino-alcohol motifs (C(OH)–C–C–N with tert-alkyl or cyclic N) is 1. The van der Waals surface area contributed by atoms with Crippen LogP contribution in [0.25, 0.3) is 11.1 Å². The van der Waals surface area contributed by atoms with Crippen molar-refractivity contribution in [2.45, 2.75) is 64.1 Å². The van der Waals surface area contributed by atoms with Crippen molar-refractivity contribution in [2.75, 3.05) is 13.7 Å². The lowest BCUT2D eigenvalue weighted by molar-refractivity contribution is -0.140. The highest BCUT2D eigenvalue weighted by atomic mass is 16.5. The van der Waals surface area contributed by atoms with Gasteiger partial charge in [-0.2, -0.15) is 0 Å². The van der Waals surface area contributed by atoms with Gasteiger partial charge in [-0.3, -0.25) is 14.9 Å². The summed E-state index contributed by atoms with van der Waals surface area (Å²) in [6.45, 7) is 5.24. The number of likely N-dealkylation sites (tertiary alicyclic amines) is 1. The van der Waals surface area contributed by atoms with Gasteiger partial charge in [-0.15, -0.1) is 5.10 Å². The maximum absolute atomic E-state index is 13.9. The molecule has 0 saturated carbocycles. The van der Waals surface area contributed by atoms with Crippen LogP contribution in [0.3, 0.4) is 0 Å². The minimum absolute atomic E-state index is 0.00300. The lowest BCUT2D eigenvalue weighted by Gasteiger charge is -2.34. The van der Waals surface area contributed by atoms with Crippen LogP contribution in [0, 0.1) is 12.8 Å². The summed E-state index contributed by atoms with van der Waals surface area (Å²) < 4.78 is 6.12. The minimum atomic E-state index is -1.36. The number of esters is 1. The van der Waals surface area contributed by atoms with Crippen LogP contribution in [-0.2, 0) is 20.7 Å². The molecule has 5 N–H and O–H groups in total. The summed E-state index contributed by atoms with van der Waals surface area (Å²) in [4.78, 5) is 39.7. The Morgan fingerprint density at radius 3 is 2.33 bits per heavy atom. The maximum Gasteiger partial charge on any atom is 0.360 e. The molecule has 12 heteroatoms. The van der Waals surface area contributed by atoms with Crippen molar-refractivity contribution >= 4 is 17.8 Å². The van der Waals surface area contributed by atoms with Crippen molar-refractivity contribution in [3.05, 3.63) is 71.5 Å². The first-order valence-corrected chi connectivity index (χ1v) is 13.9. The van der Waals surface area contributed by atoms with E-state index in [0.717, 1.165) is 16.7 Å². The quantitative estimate of drug-likeness (QED) is 0.193. The third-order valence-corrected chi connectivity index (χ3v) is 7.64. The largest absolute Gasteiger partial charge is 0.464 e. The van der Waals surface area contributed by atoms with E-state index in [1.807, 2.05) is 68.4 Å². The van der Waals surface area contributed by atoms with E-state index >= 15 is 0 Å². The van der Waals surface area contributed by atoms with E-state index in [0.29, 0.717) is 5.69 Å². The van der Waals surface area contributed by atoms with E-state index in [4.69, 9.17) is 10.5 Å². The number of amides is 2. The smallest absolute Gasteiger partial charge is 0.360 e. The van der Waals surface area contributed by atoms with Crippen LogP contribution in [0.5, 0.6) is 0 Å². The number of aliphatic hydroxyl groups excluding tert-OH is 2. The number of benzene rings is 2. The second kappa shape index (κ2) is 13.2. The van der Waals surface area contributed by atoms with Crippen LogP contribution in [-0.4, -0.2) is 86.0 Å². The van der Waals surface area contributed by atoms with E-state index in [1.54, 1.807) is 6.92 Å². The fourth-order valence-electron chi connectivity index (χ4n) is 5.39. The third kappa shape index (κ3) is 6.67. The number of hydrogen-bond donors (Lipinski definition) is 4. The molecule has 1 aliphatic rings. The highest BCUT2D eigenvalue weighted by Crippen LogP contribution is 2.29. The predicted octanol–water partition coefficient (Wildman–Crippen LogP) is 1.20. The number of carbonyl (C=O) groups is 3. The van der Waals surface area contributed by atoms with E-state index in [-0.39, 0.29) is 31.0 Å². The molecule has 224 valence electrons. The number of primary amides is 1. The molecule has 4 rings (SSSR count). The summed E-state index contributed by atoms with van der Waals surface area (Å²) in [5, 5.41) is 32.5. The number of carbonyl (C=O) groups excluding carboxylic acids is 3. The molecular weight excluding hydrogens is 540 g/mol. The van der Waals surface area contributed by atoms with Gasteiger partial charge in [-0.05, 0) is 42.4 Å². The molecule has 0 spiro atoms. The minimum Gasteiger partial charge on any atom is -0.464 e. The van der Waals surface area contributed by atoms with Crippen molar-refractivity contribution in [3.8, 4) is 11.1 Å². The monoisotopic (exact) mass is 578 g/mol. The first-order chi connectivity index (χ1) is 20.0. The number of ether oxygens (including phenoxy) is 1. The van der Waals surface area contributed by atoms with Gasteiger partial charge in [-0.25, -0.2) is 9.48 Å². The summed E-state index contributed by atoms with van der Waals surface area (Å²) in [5.74, 6) is -2.02. The van der Waals surface area contributed by atoms with Crippen molar-refractivity contribution in [2.24, 2.45) is 11.7 Å². The first kappa shape index (κ1) is 30.8. The molecule has 12 nitrogen and oxygen atoms in total. The molecule has 42 heavy (non-hydrogen) atoms. The average molecular weight is 579 g/mol. The van der Waals surface area contributed by atoms with Crippen LogP contribution in [0.4, 0.5) is 0 Å². The lowest BCUT2D eigenvalue weighted by Crippen LogP contribution is -2.56. The normalized spacial score (nSPS) is 19.0. The molecule has 2 amide bonds. The SMILES string of the molecule is COC(=O)c1nnn([C@H](C(=O)N2C[C@H](O)C[C@H]2C(O)N[C@H](Cc2ccc(-c3ccccc3)cc2)C(N)=O)C(C)C)c1C. The topological polar surface area (TPSA) is 173 Å². The number of aromatic nitrogens is 3. The second-order valence-corrected chi connectivity index (χ2v) is 10.9. The van der Waals surface area contributed by atoms with Crippen LogP contribution in [0.1, 0.15) is 48.1 Å². The number of aliphatic hydroxyl groups is 2. The number of nitrogens with one attached hydrogen (secondary N) is 1. The number of methoxy groups -OCH3 is 1. The fraction of sp³-hybridized carbons (Fsp3) is 0.433. The van der Waals surface area contributed by atoms with E-state index in [9.17, 15) is 24.6 Å². The Bertz CT molecular complexity index is 1390. The Morgan fingerprint density at radius 2 is 1.74 bits per heavy atom. The molecule has 5 atom stereocenters. The summed E-state index contributed by atoms with van der Waals surface area (Å²) in [5.41, 5.74) is 8.97. The lowest BCUT2D eigenvalue weighted by atomic mass is 9.99. The number of rotatable bonds is 11. The molecule has 1 fully saturated rings. The summed E-state index contributed by atoms with van der Waals surface area (Å²) in [6, 6.07) is 14.9. The van der Waals surface area contributed by atoms with E-state index < -0.39 is 48.2 Å². The summed E-state index contributed by atoms with van der Waals surface area (Å²) >= 11 is 0. The predicted molar refractivity (Wildman–Crippen MR) is 154 cm³/mol. The molecule has 2 heterocycles. The van der Waals surface area contributed by atoms with Crippen molar-refractivity contribution in [1.82, 2.24) is 25.2 Å². The van der Waals surface area contributed by atoms with Crippen molar-refractivity contribution in [1.29, 1.82) is 0 Å². The van der Waals surface area contributed by atoms with Crippen LogP contribution in [0.15, 0.2) is 54.6 Å². The molecule has 1 unspecified atom stereocenters. The first-order valence-electron chi connectivity index (χ1n) is 13.9. The average Bonchev–Trinajstić information content (AvgIpc) is 3.55. The molecule has 1 saturated heterocycles. The molecule has 2 aromatic carbocycles. The molecule has 0 radical (unpaired) electrons. The van der Waals surface area contributed by atoms with Gasteiger partial charge in [0.25, 0.3) is 0 Å². The molecule has 0 aliphatic carbocycles. The van der Waals surface area contributed by atoms with Gasteiger partial charge in [0.2, 0.25) is 11.8 Å². The van der Waals surface area contributed by atoms with Crippen LogP contribution < -0.4 is 11.1 Å². The van der Waals surface area contributed by atoms with Gasteiger partial charge in [0.1, 0.15) is 12.3 Å². The van der Waals surface area contributed by atoms with E-state index in [2.05, 4.69) is 15.6 Å². The number of nitrogens with zero attached hydrogens (tertiary/aromatic N) is 4. The Hall–Kier alpha value is -4.13. The molecule has 0 bridgehead atoms. The Labute approximate surface area is 244 Å². The fourth-order valence-corrected chi connectivity index (χ4v) is 5.39. The van der Waals surface area contributed by atoms with Crippen LogP contribution in [0.2, 0.25) is 0 Å². The Balaban J connectivity index is 1.50. The van der Waals surface area contributed by atoms with Crippen molar-refractivity contribution < 1.29 is 29.3 Å². The summed E-state index contributed by atoms with van der Waals surface area (Å²) in [6.07, 6.45) is -1.94. The van der Waals surface area contributed by atoms with Gasteiger partial charge in [-0.1, -0.05) is 73.7 Å². The molecule has 1 aromatic heterocycles. The Kier molecular flexibility index (Phi) is 9.71. The molecular formula is C30H38N6O6. The van der Waals surface area contributed by atoms with Crippen LogP contribution >= 0.6 is 0 Å². The van der Waals surface area contributed by atoms with Gasteiger partial charge in [0.05, 0.1) is 31.0 Å². The van der Waals surface area contributed by atoms with Gasteiger partial charge in [0, 0.05) is 6.54 Å². The molecule has 3 aromatic rings. The van der Waals surface area contributed by atoms with Gasteiger partial charge >= 0.3 is 5.97 Å². The van der Waals surface area contributed by atoms with Crippen molar-refractivity contribution in [3.63, 3.8) is 0 Å². The number of nitrogens with two attached hydrogens (primary N) is 1. The zero-order valence-electron chi connectivity index (χ0n) is 24.2. The Morgan fingerprint density at radius 1 is 1.10 bits per heavy atom. The number of hydrogen-bond acceptors (Lipinski definition) is 9.